The van der Waals surface area contributed by atoms with E-state index in [0.29, 0.717) is 13.0 Å². The van der Waals surface area contributed by atoms with E-state index in [9.17, 15) is 4.79 Å². The Morgan fingerprint density at radius 3 is 2.94 bits per heavy atom. The third-order valence-corrected chi connectivity index (χ3v) is 3.27. The maximum absolute atomic E-state index is 11.9. The Morgan fingerprint density at radius 1 is 1.56 bits per heavy atom. The van der Waals surface area contributed by atoms with Crippen molar-refractivity contribution < 1.29 is 9.53 Å². The van der Waals surface area contributed by atoms with Crippen molar-refractivity contribution in [3.05, 3.63) is 28.2 Å². The van der Waals surface area contributed by atoms with E-state index in [2.05, 4.69) is 21.2 Å². The quantitative estimate of drug-likeness (QED) is 0.793. The molecule has 1 amide bonds. The molecule has 1 aromatic rings. The Kier molecular flexibility index (Phi) is 6.32. The van der Waals surface area contributed by atoms with E-state index in [4.69, 9.17) is 10.5 Å². The highest BCUT2D eigenvalue weighted by molar-refractivity contribution is 9.10. The van der Waals surface area contributed by atoms with Gasteiger partial charge in [0.25, 0.3) is 0 Å². The van der Waals surface area contributed by atoms with Crippen LogP contribution in [0.2, 0.25) is 0 Å². The molecule has 1 aromatic carbocycles. The van der Waals surface area contributed by atoms with Crippen LogP contribution in [0.3, 0.4) is 0 Å². The van der Waals surface area contributed by atoms with Crippen LogP contribution >= 0.6 is 15.9 Å². The van der Waals surface area contributed by atoms with Gasteiger partial charge in [0.2, 0.25) is 5.91 Å². The molecule has 0 spiro atoms. The number of benzene rings is 1. The highest BCUT2D eigenvalue weighted by Gasteiger charge is 2.14. The summed E-state index contributed by atoms with van der Waals surface area (Å²) in [5.74, 6) is -0.169. The molecule has 5 heteroatoms. The second-order valence-electron chi connectivity index (χ2n) is 4.21. The zero-order valence-corrected chi connectivity index (χ0v) is 12.3. The van der Waals surface area contributed by atoms with Crippen molar-refractivity contribution in [2.24, 2.45) is 5.73 Å². The van der Waals surface area contributed by atoms with Gasteiger partial charge in [0, 0.05) is 18.2 Å². The van der Waals surface area contributed by atoms with Crippen molar-refractivity contribution in [3.8, 4) is 0 Å². The number of hydrogen-bond acceptors (Lipinski definition) is 3. The molecule has 0 aliphatic rings. The first-order valence-corrected chi connectivity index (χ1v) is 6.65. The van der Waals surface area contributed by atoms with Gasteiger partial charge in [-0.1, -0.05) is 6.07 Å². The summed E-state index contributed by atoms with van der Waals surface area (Å²) in [5.41, 5.74) is 7.65. The first kappa shape index (κ1) is 15.1. The third kappa shape index (κ3) is 4.76. The minimum Gasteiger partial charge on any atom is -0.385 e. The zero-order chi connectivity index (χ0) is 13.5. The van der Waals surface area contributed by atoms with Gasteiger partial charge in [0.1, 0.15) is 0 Å². The number of hydrogen-bond donors (Lipinski definition) is 2. The van der Waals surface area contributed by atoms with Crippen LogP contribution in [0, 0.1) is 6.92 Å². The van der Waals surface area contributed by atoms with Gasteiger partial charge < -0.3 is 15.8 Å². The molecule has 0 aliphatic carbocycles. The van der Waals surface area contributed by atoms with Gasteiger partial charge >= 0.3 is 0 Å². The van der Waals surface area contributed by atoms with Crippen LogP contribution in [-0.2, 0) is 9.53 Å². The van der Waals surface area contributed by atoms with E-state index in [0.717, 1.165) is 22.1 Å². The average molecular weight is 315 g/mol. The molecule has 3 N–H and O–H groups in total. The Balaban J connectivity index is 2.55. The zero-order valence-electron chi connectivity index (χ0n) is 10.7. The molecule has 18 heavy (non-hydrogen) atoms. The van der Waals surface area contributed by atoms with Crippen molar-refractivity contribution >= 4 is 27.5 Å². The predicted molar refractivity (Wildman–Crippen MR) is 76.6 cm³/mol. The lowest BCUT2D eigenvalue weighted by atomic mass is 10.1. The van der Waals surface area contributed by atoms with Crippen LogP contribution in [0.5, 0.6) is 0 Å². The molecule has 0 fully saturated rings. The molecule has 100 valence electrons. The predicted octanol–water partition coefficient (Wildman–Crippen LogP) is 2.45. The SMILES string of the molecule is COCCCC(N)C(=O)Nc1cc(C)ccc1Br. The normalized spacial score (nSPS) is 12.2. The van der Waals surface area contributed by atoms with Gasteiger partial charge in [0.15, 0.2) is 0 Å². The molecule has 4 nitrogen and oxygen atoms in total. The summed E-state index contributed by atoms with van der Waals surface area (Å²) in [6.45, 7) is 2.59. The number of aryl methyl sites for hydroxylation is 1. The van der Waals surface area contributed by atoms with E-state index >= 15 is 0 Å². The lowest BCUT2D eigenvalue weighted by molar-refractivity contribution is -0.117. The van der Waals surface area contributed by atoms with Crippen LogP contribution in [0.1, 0.15) is 18.4 Å². The van der Waals surface area contributed by atoms with Gasteiger partial charge in [-0.15, -0.1) is 0 Å². The highest BCUT2D eigenvalue weighted by atomic mass is 79.9. The first-order valence-electron chi connectivity index (χ1n) is 5.86. The van der Waals surface area contributed by atoms with Crippen LogP contribution in [0.25, 0.3) is 0 Å². The molecule has 1 rings (SSSR count). The molecule has 0 aliphatic heterocycles. The van der Waals surface area contributed by atoms with Crippen molar-refractivity contribution in [3.63, 3.8) is 0 Å². The Bertz CT molecular complexity index is 410. The monoisotopic (exact) mass is 314 g/mol. The van der Waals surface area contributed by atoms with E-state index < -0.39 is 6.04 Å². The fraction of sp³-hybridized carbons (Fsp3) is 0.462. The van der Waals surface area contributed by atoms with Gasteiger partial charge in [-0.3, -0.25) is 4.79 Å². The Hall–Kier alpha value is -0.910. The lowest BCUT2D eigenvalue weighted by Gasteiger charge is -2.13. The van der Waals surface area contributed by atoms with Crippen LogP contribution in [-0.4, -0.2) is 25.7 Å². The molecule has 0 saturated carbocycles. The fourth-order valence-electron chi connectivity index (χ4n) is 1.54. The molecule has 0 saturated heterocycles. The minimum atomic E-state index is -0.507. The third-order valence-electron chi connectivity index (χ3n) is 2.58. The minimum absolute atomic E-state index is 0.169. The van der Waals surface area contributed by atoms with E-state index in [-0.39, 0.29) is 5.91 Å². The summed E-state index contributed by atoms with van der Waals surface area (Å²) < 4.78 is 5.78. The first-order chi connectivity index (χ1) is 8.54. The van der Waals surface area contributed by atoms with E-state index in [1.807, 2.05) is 25.1 Å². The highest BCUT2D eigenvalue weighted by Crippen LogP contribution is 2.23. The number of nitrogens with one attached hydrogen (secondary N) is 1. The number of rotatable bonds is 6. The van der Waals surface area contributed by atoms with Crippen LogP contribution < -0.4 is 11.1 Å². The molecule has 1 unspecified atom stereocenters. The summed E-state index contributed by atoms with van der Waals surface area (Å²) in [6.07, 6.45) is 1.39. The molecule has 0 heterocycles. The summed E-state index contributed by atoms with van der Waals surface area (Å²) in [5, 5.41) is 2.83. The summed E-state index contributed by atoms with van der Waals surface area (Å²) in [6, 6.07) is 5.27. The number of methoxy groups -OCH3 is 1. The molecular formula is C13H19BrN2O2. The van der Waals surface area contributed by atoms with Crippen molar-refractivity contribution in [2.45, 2.75) is 25.8 Å². The van der Waals surface area contributed by atoms with Crippen LogP contribution in [0.4, 0.5) is 5.69 Å². The van der Waals surface area contributed by atoms with E-state index in [1.54, 1.807) is 7.11 Å². The van der Waals surface area contributed by atoms with Crippen molar-refractivity contribution in [2.75, 3.05) is 19.0 Å². The largest absolute Gasteiger partial charge is 0.385 e. The lowest BCUT2D eigenvalue weighted by Crippen LogP contribution is -2.35. The summed E-state index contributed by atoms with van der Waals surface area (Å²) in [4.78, 5) is 11.9. The average Bonchev–Trinajstić information content (AvgIpc) is 2.34. The maximum Gasteiger partial charge on any atom is 0.241 e. The molecule has 0 bridgehead atoms. The number of halogens is 1. The van der Waals surface area contributed by atoms with E-state index in [1.165, 1.54) is 0 Å². The van der Waals surface area contributed by atoms with Crippen molar-refractivity contribution in [1.29, 1.82) is 0 Å². The number of anilines is 1. The topological polar surface area (TPSA) is 64.3 Å². The fourth-order valence-corrected chi connectivity index (χ4v) is 1.88. The smallest absolute Gasteiger partial charge is 0.241 e. The molecule has 0 radical (unpaired) electrons. The number of carbonyl (C=O) groups is 1. The second kappa shape index (κ2) is 7.51. The molecule has 1 atom stereocenters. The summed E-state index contributed by atoms with van der Waals surface area (Å²) in [7, 11) is 1.63. The number of ether oxygens (including phenoxy) is 1. The number of carbonyl (C=O) groups excluding carboxylic acids is 1. The Morgan fingerprint density at radius 2 is 2.28 bits per heavy atom. The van der Waals surface area contributed by atoms with Gasteiger partial charge in [-0.2, -0.15) is 0 Å². The van der Waals surface area contributed by atoms with Gasteiger partial charge in [0.05, 0.1) is 11.7 Å². The van der Waals surface area contributed by atoms with Gasteiger partial charge in [-0.25, -0.2) is 0 Å². The summed E-state index contributed by atoms with van der Waals surface area (Å²) >= 11 is 3.40. The van der Waals surface area contributed by atoms with Crippen LogP contribution in [0.15, 0.2) is 22.7 Å². The van der Waals surface area contributed by atoms with Crippen molar-refractivity contribution in [1.82, 2.24) is 0 Å². The molecular weight excluding hydrogens is 296 g/mol. The standard InChI is InChI=1S/C13H19BrN2O2/c1-9-5-6-10(14)12(8-9)16-13(17)11(15)4-3-7-18-2/h5-6,8,11H,3-4,7,15H2,1-2H3,(H,16,17). The second-order valence-corrected chi connectivity index (χ2v) is 5.07. The number of amides is 1. The Labute approximate surface area is 116 Å². The van der Waals surface area contributed by atoms with Gasteiger partial charge in [-0.05, 0) is 53.4 Å². The number of nitrogens with two attached hydrogens (primary N) is 1. The molecule has 0 aromatic heterocycles. The maximum atomic E-state index is 11.9.